The maximum Gasteiger partial charge on any atom is 0.319 e. The van der Waals surface area contributed by atoms with Gasteiger partial charge in [-0.05, 0) is 43.3 Å². The van der Waals surface area contributed by atoms with Crippen LogP contribution in [0.1, 0.15) is 11.3 Å². The summed E-state index contributed by atoms with van der Waals surface area (Å²) in [5, 5.41) is 10.5. The minimum atomic E-state index is -0.315. The van der Waals surface area contributed by atoms with E-state index < -0.39 is 0 Å². The minimum absolute atomic E-state index is 0.315. The van der Waals surface area contributed by atoms with Gasteiger partial charge in [0.15, 0.2) is 0 Å². The third kappa shape index (κ3) is 3.91. The summed E-state index contributed by atoms with van der Waals surface area (Å²) >= 11 is 0. The molecule has 0 unspecified atom stereocenters. The number of methoxy groups -OCH3 is 1. The number of aryl methyl sites for hydroxylation is 1. The monoisotopic (exact) mass is 401 g/mol. The van der Waals surface area contributed by atoms with Gasteiger partial charge in [-0.3, -0.25) is 0 Å². The molecule has 0 fully saturated rings. The van der Waals surface area contributed by atoms with Crippen molar-refractivity contribution in [3.05, 3.63) is 90.4 Å². The highest BCUT2D eigenvalue weighted by Crippen LogP contribution is 2.24. The van der Waals surface area contributed by atoms with Crippen molar-refractivity contribution in [3.8, 4) is 17.3 Å². The average molecular weight is 401 g/mol. The van der Waals surface area contributed by atoms with Crippen molar-refractivity contribution < 1.29 is 9.53 Å². The maximum atomic E-state index is 12.5. The zero-order chi connectivity index (χ0) is 20.9. The van der Waals surface area contributed by atoms with Crippen LogP contribution in [0.2, 0.25) is 0 Å². The lowest BCUT2D eigenvalue weighted by molar-refractivity contribution is 0.251. The van der Waals surface area contributed by atoms with Crippen LogP contribution in [0.25, 0.3) is 11.5 Å². The first-order valence-electron chi connectivity index (χ1n) is 9.62. The van der Waals surface area contributed by atoms with Crippen molar-refractivity contribution >= 4 is 11.7 Å². The Bertz CT molecular complexity index is 1130. The summed E-state index contributed by atoms with van der Waals surface area (Å²) in [6, 6.07) is 20.8. The molecular formula is C23H23N5O2. The van der Waals surface area contributed by atoms with Gasteiger partial charge in [0.2, 0.25) is 0 Å². The standard InChI is InChI=1S/C23H23N5O2/c1-17-19(16-24-23(29)25-20-12-6-7-13-21(20)30-2)22(27-14-8-9-15-27)28(26-17)18-10-4-3-5-11-18/h3-15H,16H2,1-2H3,(H2,24,25,29). The van der Waals surface area contributed by atoms with E-state index >= 15 is 0 Å². The van der Waals surface area contributed by atoms with E-state index in [1.54, 1.807) is 19.2 Å². The van der Waals surface area contributed by atoms with Crippen LogP contribution in [-0.2, 0) is 6.54 Å². The molecule has 152 valence electrons. The fraction of sp³-hybridized carbons (Fsp3) is 0.130. The van der Waals surface area contributed by atoms with Crippen LogP contribution in [0, 0.1) is 6.92 Å². The zero-order valence-electron chi connectivity index (χ0n) is 16.9. The Labute approximate surface area is 174 Å². The second kappa shape index (κ2) is 8.57. The topological polar surface area (TPSA) is 73.1 Å². The van der Waals surface area contributed by atoms with Crippen LogP contribution >= 0.6 is 0 Å². The first-order chi connectivity index (χ1) is 14.7. The quantitative estimate of drug-likeness (QED) is 0.506. The molecule has 0 bridgehead atoms. The molecule has 4 aromatic rings. The van der Waals surface area contributed by atoms with Crippen LogP contribution in [0.4, 0.5) is 10.5 Å². The Kier molecular flexibility index (Phi) is 5.52. The van der Waals surface area contributed by atoms with Gasteiger partial charge in [-0.25, -0.2) is 9.48 Å². The van der Waals surface area contributed by atoms with Crippen molar-refractivity contribution in [2.75, 3.05) is 12.4 Å². The second-order valence-corrected chi connectivity index (χ2v) is 6.73. The number of para-hydroxylation sites is 3. The molecule has 4 rings (SSSR count). The van der Waals surface area contributed by atoms with Crippen molar-refractivity contribution in [2.45, 2.75) is 13.5 Å². The number of hydrogen-bond donors (Lipinski definition) is 2. The summed E-state index contributed by atoms with van der Waals surface area (Å²) in [6.07, 6.45) is 3.93. The van der Waals surface area contributed by atoms with E-state index in [1.807, 2.05) is 83.2 Å². The van der Waals surface area contributed by atoms with E-state index in [0.29, 0.717) is 18.0 Å². The minimum Gasteiger partial charge on any atom is -0.495 e. The molecule has 0 radical (unpaired) electrons. The third-order valence-corrected chi connectivity index (χ3v) is 4.79. The normalized spacial score (nSPS) is 10.6. The van der Waals surface area contributed by atoms with Crippen LogP contribution in [0.15, 0.2) is 79.1 Å². The van der Waals surface area contributed by atoms with Crippen LogP contribution < -0.4 is 15.4 Å². The number of rotatable bonds is 6. The summed E-state index contributed by atoms with van der Waals surface area (Å²) in [7, 11) is 1.57. The third-order valence-electron chi connectivity index (χ3n) is 4.79. The number of carbonyl (C=O) groups excluding carboxylic acids is 1. The van der Waals surface area contributed by atoms with Gasteiger partial charge < -0.3 is 19.9 Å². The van der Waals surface area contributed by atoms with Gasteiger partial charge in [-0.15, -0.1) is 0 Å². The van der Waals surface area contributed by atoms with E-state index in [9.17, 15) is 4.79 Å². The highest BCUT2D eigenvalue weighted by Gasteiger charge is 2.18. The van der Waals surface area contributed by atoms with Gasteiger partial charge >= 0.3 is 6.03 Å². The lowest BCUT2D eigenvalue weighted by atomic mass is 10.2. The molecule has 30 heavy (non-hydrogen) atoms. The number of carbonyl (C=O) groups is 1. The summed E-state index contributed by atoms with van der Waals surface area (Å²) in [6.45, 7) is 2.27. The SMILES string of the molecule is COc1ccccc1NC(=O)NCc1c(C)nn(-c2ccccc2)c1-n1cccc1. The molecule has 0 atom stereocenters. The van der Waals surface area contributed by atoms with Crippen molar-refractivity contribution in [1.82, 2.24) is 19.7 Å². The molecule has 2 heterocycles. The van der Waals surface area contributed by atoms with E-state index in [1.165, 1.54) is 0 Å². The number of ether oxygens (including phenoxy) is 1. The summed E-state index contributed by atoms with van der Waals surface area (Å²) in [5.41, 5.74) is 3.35. The number of urea groups is 1. The summed E-state index contributed by atoms with van der Waals surface area (Å²) < 4.78 is 9.18. The Morgan fingerprint density at radius 1 is 1.00 bits per heavy atom. The summed E-state index contributed by atoms with van der Waals surface area (Å²) in [4.78, 5) is 12.5. The fourth-order valence-corrected chi connectivity index (χ4v) is 3.33. The molecule has 0 aliphatic rings. The zero-order valence-corrected chi connectivity index (χ0v) is 16.9. The molecule has 2 aromatic heterocycles. The molecule has 0 saturated heterocycles. The highest BCUT2D eigenvalue weighted by atomic mass is 16.5. The van der Waals surface area contributed by atoms with Gasteiger partial charge in [-0.1, -0.05) is 30.3 Å². The van der Waals surface area contributed by atoms with Gasteiger partial charge in [0.05, 0.1) is 30.7 Å². The van der Waals surface area contributed by atoms with Crippen LogP contribution in [0.3, 0.4) is 0 Å². The maximum absolute atomic E-state index is 12.5. The number of hydrogen-bond acceptors (Lipinski definition) is 3. The summed E-state index contributed by atoms with van der Waals surface area (Å²) in [5.74, 6) is 1.50. The van der Waals surface area contributed by atoms with Gasteiger partial charge in [0.25, 0.3) is 0 Å². The fourth-order valence-electron chi connectivity index (χ4n) is 3.33. The number of nitrogens with zero attached hydrogens (tertiary/aromatic N) is 3. The number of benzene rings is 2. The van der Waals surface area contributed by atoms with E-state index in [4.69, 9.17) is 9.84 Å². The van der Waals surface area contributed by atoms with Crippen LogP contribution in [-0.4, -0.2) is 27.5 Å². The van der Waals surface area contributed by atoms with Gasteiger partial charge in [-0.2, -0.15) is 5.10 Å². The van der Waals surface area contributed by atoms with E-state index in [0.717, 1.165) is 22.8 Å². The van der Waals surface area contributed by atoms with Crippen LogP contribution in [0.5, 0.6) is 5.75 Å². The molecule has 0 aliphatic carbocycles. The molecule has 2 amide bonds. The van der Waals surface area contributed by atoms with Gasteiger partial charge in [0, 0.05) is 18.0 Å². The average Bonchev–Trinajstić information content (AvgIpc) is 3.41. The first kappa shape index (κ1) is 19.3. The molecule has 0 spiro atoms. The number of aromatic nitrogens is 3. The smallest absolute Gasteiger partial charge is 0.319 e. The molecule has 2 N–H and O–H groups in total. The van der Waals surface area contributed by atoms with Crippen molar-refractivity contribution in [1.29, 1.82) is 0 Å². The second-order valence-electron chi connectivity index (χ2n) is 6.73. The van der Waals surface area contributed by atoms with E-state index in [2.05, 4.69) is 10.6 Å². The number of amides is 2. The molecule has 7 nitrogen and oxygen atoms in total. The molecule has 0 aliphatic heterocycles. The van der Waals surface area contributed by atoms with Crippen molar-refractivity contribution in [2.24, 2.45) is 0 Å². The Balaban J connectivity index is 1.60. The first-order valence-corrected chi connectivity index (χ1v) is 9.62. The van der Waals surface area contributed by atoms with E-state index in [-0.39, 0.29) is 6.03 Å². The lowest BCUT2D eigenvalue weighted by Crippen LogP contribution is -2.29. The Hall–Kier alpha value is -4.00. The number of nitrogens with one attached hydrogen (secondary N) is 2. The molecular weight excluding hydrogens is 378 g/mol. The van der Waals surface area contributed by atoms with Gasteiger partial charge in [0.1, 0.15) is 11.6 Å². The predicted octanol–water partition coefficient (Wildman–Crippen LogP) is 4.30. The Morgan fingerprint density at radius 2 is 1.70 bits per heavy atom. The molecule has 0 saturated carbocycles. The Morgan fingerprint density at radius 3 is 2.43 bits per heavy atom. The molecule has 7 heteroatoms. The van der Waals surface area contributed by atoms with Crippen molar-refractivity contribution in [3.63, 3.8) is 0 Å². The molecule has 2 aromatic carbocycles. The lowest BCUT2D eigenvalue weighted by Gasteiger charge is -2.13. The largest absolute Gasteiger partial charge is 0.495 e. The number of anilines is 1. The predicted molar refractivity (Wildman–Crippen MR) is 116 cm³/mol. The highest BCUT2D eigenvalue weighted by molar-refractivity contribution is 5.90.